The lowest BCUT2D eigenvalue weighted by Gasteiger charge is -2.26. The number of nitrogens with zero attached hydrogens (tertiary/aromatic N) is 2. The van der Waals surface area contributed by atoms with E-state index in [1.165, 1.54) is 35.8 Å². The lowest BCUT2D eigenvalue weighted by Crippen LogP contribution is -2.35. The van der Waals surface area contributed by atoms with Crippen molar-refractivity contribution >= 4 is 21.9 Å². The number of halogens is 1. The fourth-order valence-electron chi connectivity index (χ4n) is 2.87. The molecule has 3 rings (SSSR count). The number of hydrogen-bond donors (Lipinski definition) is 0. The number of rotatable bonds is 5. The number of piperidine rings is 1. The minimum atomic E-state index is -3.66. The highest BCUT2D eigenvalue weighted by molar-refractivity contribution is 7.89. The molecule has 0 aliphatic carbocycles. The largest absolute Gasteiger partial charge is 0.497 e. The Hall–Kier alpha value is -2.25. The number of benzene rings is 2. The van der Waals surface area contributed by atoms with Crippen LogP contribution in [0.25, 0.3) is 0 Å². The van der Waals surface area contributed by atoms with Crippen molar-refractivity contribution in [3.63, 3.8) is 0 Å². The molecule has 2 aromatic rings. The molecule has 0 spiro atoms. The Morgan fingerprint density at radius 1 is 1.08 bits per heavy atom. The van der Waals surface area contributed by atoms with Gasteiger partial charge in [-0.05, 0) is 42.7 Å². The Labute approximate surface area is 153 Å². The van der Waals surface area contributed by atoms with Gasteiger partial charge in [0, 0.05) is 25.4 Å². The maximum absolute atomic E-state index is 13.1. The van der Waals surface area contributed by atoms with Gasteiger partial charge in [0.25, 0.3) is 0 Å². The van der Waals surface area contributed by atoms with Crippen LogP contribution >= 0.6 is 0 Å². The summed E-state index contributed by atoms with van der Waals surface area (Å²) >= 11 is 0. The summed E-state index contributed by atoms with van der Waals surface area (Å²) in [6, 6.07) is 10.6. The standard InChI is InChI=1S/C19H21FN2O3S/c1-25-17-9-10-18(21-14-15-5-7-16(20)8-6-15)19(13-17)26(23,24)22-11-3-2-4-12-22/h5-10,13-14H,2-4,11-12H2,1H3. The van der Waals surface area contributed by atoms with Gasteiger partial charge in [0.15, 0.2) is 0 Å². The van der Waals surface area contributed by atoms with Gasteiger partial charge in [-0.3, -0.25) is 4.99 Å². The third-order valence-electron chi connectivity index (χ3n) is 4.32. The molecule has 1 aliphatic rings. The molecule has 0 atom stereocenters. The van der Waals surface area contributed by atoms with Gasteiger partial charge in [0.2, 0.25) is 10.0 Å². The van der Waals surface area contributed by atoms with Crippen LogP contribution in [0.15, 0.2) is 52.4 Å². The van der Waals surface area contributed by atoms with E-state index < -0.39 is 10.0 Å². The average molecular weight is 376 g/mol. The third kappa shape index (κ3) is 4.11. The first-order valence-corrected chi connectivity index (χ1v) is 9.92. The van der Waals surface area contributed by atoms with Crippen molar-refractivity contribution in [2.75, 3.05) is 20.2 Å². The van der Waals surface area contributed by atoms with E-state index in [0.717, 1.165) is 19.3 Å². The Morgan fingerprint density at radius 2 is 1.77 bits per heavy atom. The van der Waals surface area contributed by atoms with E-state index in [0.29, 0.717) is 30.1 Å². The Bertz CT molecular complexity index is 890. The van der Waals surface area contributed by atoms with E-state index in [2.05, 4.69) is 4.99 Å². The zero-order chi connectivity index (χ0) is 18.6. The summed E-state index contributed by atoms with van der Waals surface area (Å²) in [4.78, 5) is 4.46. The highest BCUT2D eigenvalue weighted by Crippen LogP contribution is 2.32. The third-order valence-corrected chi connectivity index (χ3v) is 6.25. The molecule has 26 heavy (non-hydrogen) atoms. The molecule has 1 heterocycles. The molecule has 0 saturated carbocycles. The van der Waals surface area contributed by atoms with E-state index >= 15 is 0 Å². The second-order valence-electron chi connectivity index (χ2n) is 6.11. The monoisotopic (exact) mass is 376 g/mol. The lowest BCUT2D eigenvalue weighted by atomic mass is 10.2. The molecule has 0 radical (unpaired) electrons. The van der Waals surface area contributed by atoms with Crippen molar-refractivity contribution in [1.82, 2.24) is 4.31 Å². The molecule has 7 heteroatoms. The molecule has 0 aromatic heterocycles. The van der Waals surface area contributed by atoms with E-state index in [4.69, 9.17) is 4.74 Å². The van der Waals surface area contributed by atoms with Crippen LogP contribution in [0.1, 0.15) is 24.8 Å². The van der Waals surface area contributed by atoms with Crippen LogP contribution in [-0.4, -0.2) is 39.1 Å². The van der Waals surface area contributed by atoms with E-state index in [9.17, 15) is 12.8 Å². The summed E-state index contributed by atoms with van der Waals surface area (Å²) in [6.07, 6.45) is 4.28. The minimum absolute atomic E-state index is 0.122. The van der Waals surface area contributed by atoms with Gasteiger partial charge in [-0.25, -0.2) is 12.8 Å². The Kier molecular flexibility index (Phi) is 5.68. The van der Waals surface area contributed by atoms with Crippen LogP contribution in [0, 0.1) is 5.82 Å². The maximum Gasteiger partial charge on any atom is 0.245 e. The van der Waals surface area contributed by atoms with Crippen molar-refractivity contribution in [3.05, 3.63) is 53.8 Å². The lowest BCUT2D eigenvalue weighted by molar-refractivity contribution is 0.346. The SMILES string of the molecule is COc1ccc(N=Cc2ccc(F)cc2)c(S(=O)(=O)N2CCCCC2)c1. The fourth-order valence-corrected chi connectivity index (χ4v) is 4.54. The average Bonchev–Trinajstić information content (AvgIpc) is 2.68. The highest BCUT2D eigenvalue weighted by Gasteiger charge is 2.28. The quantitative estimate of drug-likeness (QED) is 0.747. The van der Waals surface area contributed by atoms with Gasteiger partial charge in [0.05, 0.1) is 12.8 Å². The summed E-state index contributed by atoms with van der Waals surface area (Å²) in [7, 11) is -2.16. The number of sulfonamides is 1. The number of hydrogen-bond acceptors (Lipinski definition) is 4. The summed E-state index contributed by atoms with van der Waals surface area (Å²) in [5, 5.41) is 0. The normalized spacial score (nSPS) is 16.1. The van der Waals surface area contributed by atoms with E-state index in [1.54, 1.807) is 24.3 Å². The first kappa shape index (κ1) is 18.5. The topological polar surface area (TPSA) is 59.0 Å². The number of ether oxygens (including phenoxy) is 1. The number of aliphatic imine (C=N–C) groups is 1. The molecule has 5 nitrogen and oxygen atoms in total. The summed E-state index contributed by atoms with van der Waals surface area (Å²) in [6.45, 7) is 1.03. The highest BCUT2D eigenvalue weighted by atomic mass is 32.2. The van der Waals surface area contributed by atoms with Crippen LogP contribution in [0.5, 0.6) is 5.75 Å². The second kappa shape index (κ2) is 7.97. The molecule has 1 fully saturated rings. The van der Waals surface area contributed by atoms with Crippen LogP contribution in [-0.2, 0) is 10.0 Å². The van der Waals surface area contributed by atoms with Crippen LogP contribution < -0.4 is 4.74 Å². The van der Waals surface area contributed by atoms with Gasteiger partial charge < -0.3 is 4.74 Å². The summed E-state index contributed by atoms with van der Waals surface area (Å²) < 4.78 is 45.9. The van der Waals surface area contributed by atoms with Crippen LogP contribution in [0.4, 0.5) is 10.1 Å². The molecule has 0 bridgehead atoms. The molecular weight excluding hydrogens is 355 g/mol. The van der Waals surface area contributed by atoms with Crippen molar-refractivity contribution in [2.45, 2.75) is 24.2 Å². The smallest absolute Gasteiger partial charge is 0.245 e. The van der Waals surface area contributed by atoms with Gasteiger partial charge in [-0.1, -0.05) is 18.6 Å². The predicted octanol–water partition coefficient (Wildman–Crippen LogP) is 3.76. The van der Waals surface area contributed by atoms with Crippen LogP contribution in [0.3, 0.4) is 0 Å². The van der Waals surface area contributed by atoms with Gasteiger partial charge in [-0.15, -0.1) is 0 Å². The molecule has 0 unspecified atom stereocenters. The fraction of sp³-hybridized carbons (Fsp3) is 0.316. The molecule has 1 saturated heterocycles. The van der Waals surface area contributed by atoms with Crippen molar-refractivity contribution < 1.29 is 17.5 Å². The van der Waals surface area contributed by atoms with Gasteiger partial charge in [-0.2, -0.15) is 4.31 Å². The van der Waals surface area contributed by atoms with Gasteiger partial charge in [0.1, 0.15) is 16.5 Å². The summed E-state index contributed by atoms with van der Waals surface area (Å²) in [5.41, 5.74) is 1.02. The first-order chi connectivity index (χ1) is 12.5. The second-order valence-corrected chi connectivity index (χ2v) is 8.01. The molecular formula is C19H21FN2O3S. The molecule has 138 valence electrons. The van der Waals surface area contributed by atoms with Crippen LogP contribution in [0.2, 0.25) is 0 Å². The van der Waals surface area contributed by atoms with E-state index in [1.807, 2.05) is 0 Å². The maximum atomic E-state index is 13.1. The number of methoxy groups -OCH3 is 1. The summed E-state index contributed by atoms with van der Waals surface area (Å²) in [5.74, 6) is 0.126. The molecule has 1 aliphatic heterocycles. The first-order valence-electron chi connectivity index (χ1n) is 8.48. The minimum Gasteiger partial charge on any atom is -0.497 e. The van der Waals surface area contributed by atoms with Crippen molar-refractivity contribution in [3.8, 4) is 5.75 Å². The van der Waals surface area contributed by atoms with E-state index in [-0.39, 0.29) is 10.7 Å². The van der Waals surface area contributed by atoms with Crippen molar-refractivity contribution in [1.29, 1.82) is 0 Å². The van der Waals surface area contributed by atoms with Gasteiger partial charge >= 0.3 is 0 Å². The molecule has 0 N–H and O–H groups in total. The molecule has 0 amide bonds. The Morgan fingerprint density at radius 3 is 2.42 bits per heavy atom. The zero-order valence-electron chi connectivity index (χ0n) is 14.6. The molecule has 2 aromatic carbocycles. The Balaban J connectivity index is 1.98. The predicted molar refractivity (Wildman–Crippen MR) is 99.3 cm³/mol. The van der Waals surface area contributed by atoms with Crippen molar-refractivity contribution in [2.24, 2.45) is 4.99 Å². The zero-order valence-corrected chi connectivity index (χ0v) is 15.4.